The summed E-state index contributed by atoms with van der Waals surface area (Å²) in [5, 5.41) is 8.67. The highest BCUT2D eigenvalue weighted by Crippen LogP contribution is 2.56. The highest BCUT2D eigenvalue weighted by molar-refractivity contribution is 7.90. The molecule has 67 heavy (non-hydrogen) atoms. The summed E-state index contributed by atoms with van der Waals surface area (Å²) in [6.07, 6.45) is 2.55. The van der Waals surface area contributed by atoms with Gasteiger partial charge in [-0.2, -0.15) is 8.78 Å². The molecule has 3 heterocycles. The first-order chi connectivity index (χ1) is 31.8. The third-order valence-electron chi connectivity index (χ3n) is 13.7. The van der Waals surface area contributed by atoms with Gasteiger partial charge < -0.3 is 40.2 Å². The number of hydrogen-bond donors (Lipinski definition) is 4. The molecule has 1 spiro atoms. The largest absolute Gasteiger partial charge is 0.453 e. The molecule has 4 aromatic rings. The van der Waals surface area contributed by atoms with Crippen LogP contribution in [0.15, 0.2) is 59.6 Å². The molecular weight excluding hydrogens is 887 g/mol. The van der Waals surface area contributed by atoms with Gasteiger partial charge in [-0.15, -0.1) is 0 Å². The van der Waals surface area contributed by atoms with Crippen molar-refractivity contribution in [2.75, 3.05) is 45.9 Å². The summed E-state index contributed by atoms with van der Waals surface area (Å²) in [5.74, 6) is -3.38. The van der Waals surface area contributed by atoms with Crippen molar-refractivity contribution in [3.05, 3.63) is 77.1 Å². The number of rotatable bonds is 15. The minimum absolute atomic E-state index is 0.0152. The first kappa shape index (κ1) is 47.4. The fraction of sp³-hybridized carbons (Fsp3) is 0.500. The Labute approximate surface area is 388 Å². The zero-order valence-electron chi connectivity index (χ0n) is 38.7. The van der Waals surface area contributed by atoms with E-state index in [9.17, 15) is 27.6 Å². The second-order valence-electron chi connectivity index (χ2n) is 18.6. The molecule has 1 saturated carbocycles. The number of carbonyl (C=O) groups excluding carboxylic acids is 4. The molecular formula is C48H58F2N8O8S. The minimum atomic E-state index is -3.44. The monoisotopic (exact) mass is 944 g/mol. The fourth-order valence-corrected chi connectivity index (χ4v) is 10.5. The molecule has 16 nitrogen and oxygen atoms in total. The zero-order valence-corrected chi connectivity index (χ0v) is 39.6. The van der Waals surface area contributed by atoms with E-state index in [1.807, 2.05) is 49.9 Å². The molecule has 2 aliphatic heterocycles. The summed E-state index contributed by atoms with van der Waals surface area (Å²) in [6, 6.07) is 12.4. The number of amides is 4. The number of likely N-dealkylation sites (N-methyl/N-ethyl adjacent to an activating group) is 1. The van der Waals surface area contributed by atoms with Crippen LogP contribution in [-0.4, -0.2) is 122 Å². The van der Waals surface area contributed by atoms with Gasteiger partial charge in [0.1, 0.15) is 33.6 Å². The standard InChI is InChI=1S/C48H58F2N8O8S/c1-8-38(57(9-2)43(59)35(55-45(61)65-5)16-19-67(7,63)64)42-52-34-15-12-28(22-36(34)53-42)27-10-13-30-31-14-11-29(21-33(31)48(49,50)32(30)20-27)37-24-51-41(54-37)39-23-47(17-18-47)25-58(39)44(60)40(26(3)4)56-46(62)66-6/h10-15,20-22,26,35,37-40H,8-9,16-19,23-25H2,1-7H3,(H,51,54)(H,52,53)(H,55,61)(H,56,62)/t35-,37?,38-,39-,40-/m0/s1. The van der Waals surface area contributed by atoms with Crippen LogP contribution < -0.4 is 16.0 Å². The zero-order chi connectivity index (χ0) is 48.2. The number of hydrogen-bond acceptors (Lipinski definition) is 11. The van der Waals surface area contributed by atoms with Crippen molar-refractivity contribution in [3.63, 3.8) is 0 Å². The van der Waals surface area contributed by atoms with E-state index in [0.29, 0.717) is 70.0 Å². The predicted molar refractivity (Wildman–Crippen MR) is 248 cm³/mol. The maximum atomic E-state index is 16.7. The number of aliphatic imine (C=N–C) groups is 1. The maximum absolute atomic E-state index is 16.7. The number of alkyl halides is 2. The topological polar surface area (TPSA) is 204 Å². The number of ether oxygens (including phenoxy) is 2. The number of halogens is 2. The van der Waals surface area contributed by atoms with E-state index in [0.717, 1.165) is 32.6 Å². The van der Waals surface area contributed by atoms with Crippen LogP contribution in [0.1, 0.15) is 94.4 Å². The third-order valence-corrected chi connectivity index (χ3v) is 14.7. The van der Waals surface area contributed by atoms with Gasteiger partial charge in [0.25, 0.3) is 5.92 Å². The number of likely N-dealkylation sites (tertiary alicyclic amines) is 1. The third kappa shape index (κ3) is 9.30. The quantitative estimate of drug-likeness (QED) is 0.100. The number of nitrogens with one attached hydrogen (secondary N) is 4. The Kier molecular flexibility index (Phi) is 12.9. The minimum Gasteiger partial charge on any atom is -0.453 e. The van der Waals surface area contributed by atoms with Crippen LogP contribution in [-0.2, 0) is 34.8 Å². The molecule has 8 rings (SSSR count). The SMILES string of the molecule is CC[C@@H](c1nc2ccc(-c3ccc4c(c3)C(F)(F)c3cc(C5CN=C([C@@H]6CC7(CC7)CN6C(=O)[C@@H](NC(=O)OC)C(C)C)N5)ccc3-4)cc2[nH]1)N(CC)C(=O)[C@H](CCS(C)(=O)=O)NC(=O)OC. The van der Waals surface area contributed by atoms with E-state index in [1.165, 1.54) is 18.1 Å². The number of sulfone groups is 1. The van der Waals surface area contributed by atoms with Crippen LogP contribution in [0.2, 0.25) is 0 Å². The van der Waals surface area contributed by atoms with E-state index in [-0.39, 0.29) is 59.2 Å². The van der Waals surface area contributed by atoms with E-state index in [4.69, 9.17) is 19.5 Å². The number of carbonyl (C=O) groups is 4. The summed E-state index contributed by atoms with van der Waals surface area (Å²) in [7, 11) is -1.03. The Bertz CT molecular complexity index is 2760. The van der Waals surface area contributed by atoms with Crippen molar-refractivity contribution in [1.29, 1.82) is 0 Å². The van der Waals surface area contributed by atoms with Gasteiger partial charge in [-0.1, -0.05) is 51.1 Å². The number of H-pyrrole nitrogens is 1. The first-order valence-corrected chi connectivity index (χ1v) is 24.8. The number of imidazole rings is 1. The van der Waals surface area contributed by atoms with Gasteiger partial charge in [0.2, 0.25) is 11.8 Å². The van der Waals surface area contributed by atoms with Crippen LogP contribution in [0.5, 0.6) is 0 Å². The maximum Gasteiger partial charge on any atom is 0.407 e. The lowest BCUT2D eigenvalue weighted by molar-refractivity contribution is -0.136. The molecule has 19 heteroatoms. The van der Waals surface area contributed by atoms with Gasteiger partial charge in [0.05, 0.1) is 55.7 Å². The van der Waals surface area contributed by atoms with Crippen molar-refractivity contribution in [2.45, 2.75) is 95.9 Å². The number of benzene rings is 3. The van der Waals surface area contributed by atoms with Crippen molar-refractivity contribution < 1.29 is 45.9 Å². The number of aromatic nitrogens is 2. The summed E-state index contributed by atoms with van der Waals surface area (Å²) in [4.78, 5) is 68.5. The molecule has 1 unspecified atom stereocenters. The molecule has 1 aromatic heterocycles. The first-order valence-electron chi connectivity index (χ1n) is 22.8. The molecule has 4 N–H and O–H groups in total. The molecule has 3 aromatic carbocycles. The van der Waals surface area contributed by atoms with Gasteiger partial charge in [-0.05, 0) is 102 Å². The fourth-order valence-electron chi connectivity index (χ4n) is 9.88. The molecule has 2 aliphatic carbocycles. The van der Waals surface area contributed by atoms with E-state index in [2.05, 4.69) is 20.9 Å². The van der Waals surface area contributed by atoms with Crippen molar-refractivity contribution >= 4 is 50.7 Å². The van der Waals surface area contributed by atoms with Crippen LogP contribution in [0.3, 0.4) is 0 Å². The Morgan fingerprint density at radius 3 is 2.24 bits per heavy atom. The van der Waals surface area contributed by atoms with Crippen LogP contribution in [0.4, 0.5) is 18.4 Å². The van der Waals surface area contributed by atoms with Crippen molar-refractivity contribution in [3.8, 4) is 22.3 Å². The molecule has 1 saturated heterocycles. The highest BCUT2D eigenvalue weighted by atomic mass is 32.2. The smallest absolute Gasteiger partial charge is 0.407 e. The van der Waals surface area contributed by atoms with Gasteiger partial charge >= 0.3 is 12.2 Å². The van der Waals surface area contributed by atoms with Crippen molar-refractivity contribution in [1.82, 2.24) is 35.7 Å². The Balaban J connectivity index is 0.994. The van der Waals surface area contributed by atoms with Gasteiger partial charge in [0.15, 0.2) is 0 Å². The summed E-state index contributed by atoms with van der Waals surface area (Å²) < 4.78 is 66.8. The summed E-state index contributed by atoms with van der Waals surface area (Å²) in [6.45, 7) is 8.51. The number of fused-ring (bicyclic) bond motifs is 4. The second-order valence-corrected chi connectivity index (χ2v) is 20.9. The number of nitrogens with zero attached hydrogens (tertiary/aromatic N) is 4. The molecule has 5 atom stereocenters. The van der Waals surface area contributed by atoms with E-state index >= 15 is 8.78 Å². The molecule has 0 radical (unpaired) electrons. The molecule has 358 valence electrons. The lowest BCUT2D eigenvalue weighted by atomic mass is 9.98. The molecule has 2 fully saturated rings. The number of methoxy groups -OCH3 is 2. The van der Waals surface area contributed by atoms with Gasteiger partial charge in [-0.25, -0.2) is 23.0 Å². The lowest BCUT2D eigenvalue weighted by Crippen LogP contribution is -2.55. The van der Waals surface area contributed by atoms with Gasteiger partial charge in [-0.3, -0.25) is 14.6 Å². The van der Waals surface area contributed by atoms with Crippen LogP contribution >= 0.6 is 0 Å². The second kappa shape index (κ2) is 18.2. The number of amidine groups is 1. The van der Waals surface area contributed by atoms with Gasteiger partial charge in [0, 0.05) is 30.5 Å². The normalized spacial score (nSPS) is 20.1. The van der Waals surface area contributed by atoms with E-state index < -0.39 is 52.0 Å². The summed E-state index contributed by atoms with van der Waals surface area (Å²) >= 11 is 0. The number of alkyl carbamates (subject to hydrolysis) is 2. The Morgan fingerprint density at radius 2 is 1.60 bits per heavy atom. The average molecular weight is 945 g/mol. The van der Waals surface area contributed by atoms with E-state index in [1.54, 1.807) is 31.2 Å². The predicted octanol–water partition coefficient (Wildman–Crippen LogP) is 6.61. The molecule has 4 aliphatic rings. The number of aromatic amines is 1. The summed E-state index contributed by atoms with van der Waals surface area (Å²) in [5.41, 5.74) is 3.83. The lowest BCUT2D eigenvalue weighted by Gasteiger charge is -2.32. The van der Waals surface area contributed by atoms with Crippen LogP contribution in [0.25, 0.3) is 33.3 Å². The average Bonchev–Trinajstić information content (AvgIpc) is 3.62. The Hall–Kier alpha value is -6.11. The Morgan fingerprint density at radius 1 is 0.940 bits per heavy atom. The molecule has 0 bridgehead atoms. The molecule has 4 amide bonds. The van der Waals surface area contributed by atoms with Crippen molar-refractivity contribution in [2.24, 2.45) is 16.3 Å². The highest BCUT2D eigenvalue weighted by Gasteiger charge is 2.56. The van der Waals surface area contributed by atoms with Crippen LogP contribution in [0, 0.1) is 11.3 Å².